The maximum Gasteiger partial charge on any atom is 0.118 e. The first-order valence-electron chi connectivity index (χ1n) is 7.61. The molecule has 0 unspecified atom stereocenters. The molecular weight excluding hydrogens is 236 g/mol. The Morgan fingerprint density at radius 1 is 1.21 bits per heavy atom. The molecule has 1 aromatic carbocycles. The highest BCUT2D eigenvalue weighted by atomic mass is 16.5. The number of hydrogen-bond donors (Lipinski definition) is 2. The molecule has 1 aliphatic heterocycles. The highest BCUT2D eigenvalue weighted by Crippen LogP contribution is 2.10. The Morgan fingerprint density at radius 2 is 1.89 bits per heavy atom. The van der Waals surface area contributed by atoms with E-state index < -0.39 is 0 Å². The first-order valence-corrected chi connectivity index (χ1v) is 7.61. The molecule has 0 radical (unpaired) electrons. The Balaban J connectivity index is 1.71. The van der Waals surface area contributed by atoms with E-state index in [1.165, 1.54) is 44.5 Å². The van der Waals surface area contributed by atoms with Crippen LogP contribution in [0.15, 0.2) is 24.3 Å². The summed E-state index contributed by atoms with van der Waals surface area (Å²) in [6, 6.07) is 9.27. The number of piperidine rings is 1. The predicted octanol–water partition coefficient (Wildman–Crippen LogP) is 0.216. The van der Waals surface area contributed by atoms with Crippen LogP contribution in [0, 0.1) is 0 Å². The molecule has 0 aromatic heterocycles. The topological polar surface area (TPSA) is 30.3 Å². The molecule has 1 aliphatic rings. The number of rotatable bonds is 6. The zero-order valence-corrected chi connectivity index (χ0v) is 12.3. The van der Waals surface area contributed by atoms with Gasteiger partial charge in [0.05, 0.1) is 32.8 Å². The third-order valence-electron chi connectivity index (χ3n) is 4.19. The van der Waals surface area contributed by atoms with E-state index in [9.17, 15) is 0 Å². The predicted molar refractivity (Wildman–Crippen MR) is 77.5 cm³/mol. The molecule has 2 rings (SSSR count). The largest absolute Gasteiger partial charge is 0.497 e. The second-order valence-electron chi connectivity index (χ2n) is 5.63. The summed E-state index contributed by atoms with van der Waals surface area (Å²) < 4.78 is 5.19. The average Bonchev–Trinajstić information content (AvgIpc) is 2.47. The van der Waals surface area contributed by atoms with Gasteiger partial charge in [-0.15, -0.1) is 0 Å². The molecular formula is C16H28N2O+2. The quantitative estimate of drug-likeness (QED) is 0.756. The lowest BCUT2D eigenvalue weighted by Crippen LogP contribution is -3.14. The number of quaternary nitrogens is 2. The standard InChI is InChI=1S/C16H26N2O/c1-3-10-18-11-8-15(9-12-18)17-13-14-4-6-16(19-2)7-5-14/h4-7,15,17H,3,8-13H2,1-2H3/p+2. The number of nitrogens with one attached hydrogen (secondary N) is 1. The summed E-state index contributed by atoms with van der Waals surface area (Å²) in [5, 5.41) is 2.52. The van der Waals surface area contributed by atoms with Crippen LogP contribution in [0.25, 0.3) is 0 Å². The lowest BCUT2D eigenvalue weighted by atomic mass is 10.0. The van der Waals surface area contributed by atoms with Crippen LogP contribution >= 0.6 is 0 Å². The normalized spacial score (nSPS) is 23.3. The molecule has 106 valence electrons. The molecule has 3 heteroatoms. The molecule has 1 aromatic rings. The highest BCUT2D eigenvalue weighted by molar-refractivity contribution is 5.26. The number of hydrogen-bond acceptors (Lipinski definition) is 1. The van der Waals surface area contributed by atoms with Crippen molar-refractivity contribution in [3.05, 3.63) is 29.8 Å². The fraction of sp³-hybridized carbons (Fsp3) is 0.625. The van der Waals surface area contributed by atoms with Crippen LogP contribution in [-0.4, -0.2) is 32.8 Å². The minimum atomic E-state index is 0.822. The Morgan fingerprint density at radius 3 is 2.47 bits per heavy atom. The summed E-state index contributed by atoms with van der Waals surface area (Å²) >= 11 is 0. The van der Waals surface area contributed by atoms with Crippen LogP contribution in [0.4, 0.5) is 0 Å². The van der Waals surface area contributed by atoms with E-state index in [0.29, 0.717) is 0 Å². The zero-order chi connectivity index (χ0) is 13.5. The molecule has 0 bridgehead atoms. The van der Waals surface area contributed by atoms with Gasteiger partial charge in [0.1, 0.15) is 12.3 Å². The Bertz CT molecular complexity index is 356. The van der Waals surface area contributed by atoms with Crippen LogP contribution < -0.4 is 15.0 Å². The van der Waals surface area contributed by atoms with Crippen LogP contribution in [0.5, 0.6) is 5.75 Å². The minimum Gasteiger partial charge on any atom is -0.497 e. The van der Waals surface area contributed by atoms with Crippen LogP contribution in [0.3, 0.4) is 0 Å². The molecule has 3 N–H and O–H groups in total. The van der Waals surface area contributed by atoms with Gasteiger partial charge >= 0.3 is 0 Å². The second kappa shape index (κ2) is 7.51. The molecule has 3 nitrogen and oxygen atoms in total. The number of nitrogens with two attached hydrogens (primary N) is 1. The first kappa shape index (κ1) is 14.4. The molecule has 1 heterocycles. The van der Waals surface area contributed by atoms with Crippen molar-refractivity contribution in [2.75, 3.05) is 26.7 Å². The fourth-order valence-electron chi connectivity index (χ4n) is 2.95. The molecule has 1 fully saturated rings. The van der Waals surface area contributed by atoms with Gasteiger partial charge in [-0.2, -0.15) is 0 Å². The summed E-state index contributed by atoms with van der Waals surface area (Å²) in [4.78, 5) is 1.80. The van der Waals surface area contributed by atoms with Crippen molar-refractivity contribution in [2.45, 2.75) is 38.8 Å². The lowest BCUT2D eigenvalue weighted by molar-refractivity contribution is -0.913. The lowest BCUT2D eigenvalue weighted by Gasteiger charge is -2.27. The van der Waals surface area contributed by atoms with Crippen molar-refractivity contribution in [1.29, 1.82) is 0 Å². The maximum absolute atomic E-state index is 5.19. The van der Waals surface area contributed by atoms with E-state index in [0.717, 1.165) is 18.3 Å². The molecule has 1 saturated heterocycles. The highest BCUT2D eigenvalue weighted by Gasteiger charge is 2.23. The van der Waals surface area contributed by atoms with Gasteiger partial charge in [0.15, 0.2) is 0 Å². The monoisotopic (exact) mass is 264 g/mol. The third-order valence-corrected chi connectivity index (χ3v) is 4.19. The van der Waals surface area contributed by atoms with E-state index >= 15 is 0 Å². The summed E-state index contributed by atoms with van der Waals surface area (Å²) in [7, 11) is 1.72. The van der Waals surface area contributed by atoms with Crippen LogP contribution in [-0.2, 0) is 6.54 Å². The molecule has 0 spiro atoms. The second-order valence-corrected chi connectivity index (χ2v) is 5.63. The van der Waals surface area contributed by atoms with Gasteiger partial charge in [0, 0.05) is 18.4 Å². The van der Waals surface area contributed by atoms with E-state index in [4.69, 9.17) is 4.74 Å². The third kappa shape index (κ3) is 4.51. The molecule has 19 heavy (non-hydrogen) atoms. The SMILES string of the molecule is CCC[NH+]1CCC([NH2+]Cc2ccc(OC)cc2)CC1. The first-order chi connectivity index (χ1) is 9.31. The Hall–Kier alpha value is -1.06. The average molecular weight is 264 g/mol. The van der Waals surface area contributed by atoms with Crippen molar-refractivity contribution in [2.24, 2.45) is 0 Å². The van der Waals surface area contributed by atoms with E-state index in [1.54, 1.807) is 12.0 Å². The van der Waals surface area contributed by atoms with Crippen molar-refractivity contribution >= 4 is 0 Å². The van der Waals surface area contributed by atoms with Crippen LogP contribution in [0.1, 0.15) is 31.7 Å². The van der Waals surface area contributed by atoms with Crippen molar-refractivity contribution < 1.29 is 15.0 Å². The zero-order valence-electron chi connectivity index (χ0n) is 12.3. The summed E-state index contributed by atoms with van der Waals surface area (Å²) in [6.07, 6.45) is 4.05. The summed E-state index contributed by atoms with van der Waals surface area (Å²) in [5.74, 6) is 0.945. The van der Waals surface area contributed by atoms with Crippen molar-refractivity contribution in [1.82, 2.24) is 0 Å². The van der Waals surface area contributed by atoms with Gasteiger partial charge in [-0.25, -0.2) is 0 Å². The minimum absolute atomic E-state index is 0.822. The van der Waals surface area contributed by atoms with Crippen molar-refractivity contribution in [3.63, 3.8) is 0 Å². The maximum atomic E-state index is 5.19. The van der Waals surface area contributed by atoms with Gasteiger partial charge in [-0.3, -0.25) is 0 Å². The summed E-state index contributed by atoms with van der Waals surface area (Å²) in [6.45, 7) is 7.45. The van der Waals surface area contributed by atoms with Crippen molar-refractivity contribution in [3.8, 4) is 5.75 Å². The van der Waals surface area contributed by atoms with E-state index in [1.807, 2.05) is 0 Å². The summed E-state index contributed by atoms with van der Waals surface area (Å²) in [5.41, 5.74) is 1.39. The van der Waals surface area contributed by atoms with E-state index in [-0.39, 0.29) is 0 Å². The molecule has 0 saturated carbocycles. The molecule has 0 atom stereocenters. The smallest absolute Gasteiger partial charge is 0.118 e. The van der Waals surface area contributed by atoms with Gasteiger partial charge in [-0.05, 0) is 30.7 Å². The number of benzene rings is 1. The van der Waals surface area contributed by atoms with Gasteiger partial charge in [0.2, 0.25) is 0 Å². The van der Waals surface area contributed by atoms with Crippen LogP contribution in [0.2, 0.25) is 0 Å². The number of likely N-dealkylation sites (tertiary alicyclic amines) is 1. The molecule has 0 amide bonds. The number of ether oxygens (including phenoxy) is 1. The van der Waals surface area contributed by atoms with Gasteiger partial charge in [0.25, 0.3) is 0 Å². The molecule has 0 aliphatic carbocycles. The fourth-order valence-corrected chi connectivity index (χ4v) is 2.95. The van der Waals surface area contributed by atoms with Gasteiger partial charge < -0.3 is 15.0 Å². The Kier molecular flexibility index (Phi) is 5.67. The van der Waals surface area contributed by atoms with E-state index in [2.05, 4.69) is 36.5 Å². The Labute approximate surface area is 116 Å². The van der Waals surface area contributed by atoms with Gasteiger partial charge in [-0.1, -0.05) is 6.92 Å². The number of methoxy groups -OCH3 is 1.